The van der Waals surface area contributed by atoms with E-state index in [0.717, 1.165) is 5.56 Å². The molecule has 2 rings (SSSR count). The van der Waals surface area contributed by atoms with E-state index in [1.54, 1.807) is 54.6 Å². The molecule has 0 unspecified atom stereocenters. The molecule has 0 aliphatic carbocycles. The van der Waals surface area contributed by atoms with E-state index >= 15 is 0 Å². The highest BCUT2D eigenvalue weighted by atomic mass is 35.5. The van der Waals surface area contributed by atoms with Gasteiger partial charge >= 0.3 is 5.97 Å². The maximum atomic E-state index is 12.4. The molecule has 0 saturated carbocycles. The van der Waals surface area contributed by atoms with Gasteiger partial charge < -0.3 is 10.1 Å². The molecule has 0 aliphatic heterocycles. The van der Waals surface area contributed by atoms with E-state index in [1.807, 2.05) is 19.9 Å². The van der Waals surface area contributed by atoms with Gasteiger partial charge in [-0.25, -0.2) is 4.79 Å². The molecule has 0 atom stereocenters. The molecule has 1 amide bonds. The Bertz CT molecular complexity index is 752. The number of nitrogens with one attached hydrogen (secondary N) is 1. The molecule has 4 nitrogen and oxygen atoms in total. The monoisotopic (exact) mass is 357 g/mol. The molecule has 25 heavy (non-hydrogen) atoms. The van der Waals surface area contributed by atoms with Gasteiger partial charge in [-0.3, -0.25) is 4.79 Å². The number of hydrogen-bond acceptors (Lipinski definition) is 3. The lowest BCUT2D eigenvalue weighted by Crippen LogP contribution is -2.29. The van der Waals surface area contributed by atoms with Crippen LogP contribution in [0.15, 0.2) is 60.3 Å². The molecule has 0 radical (unpaired) electrons. The van der Waals surface area contributed by atoms with E-state index in [-0.39, 0.29) is 24.1 Å². The average molecular weight is 358 g/mol. The van der Waals surface area contributed by atoms with Crippen molar-refractivity contribution in [1.29, 1.82) is 0 Å². The Balaban J connectivity index is 2.23. The molecular formula is C20H20ClNO3. The molecule has 130 valence electrons. The predicted octanol–water partition coefficient (Wildman–Crippen LogP) is 4.31. The third kappa shape index (κ3) is 6.08. The largest absolute Gasteiger partial charge is 0.461 e. The minimum atomic E-state index is -0.576. The number of benzene rings is 2. The van der Waals surface area contributed by atoms with Crippen molar-refractivity contribution in [2.75, 3.05) is 6.61 Å². The Labute approximate surface area is 152 Å². The predicted molar refractivity (Wildman–Crippen MR) is 99.1 cm³/mol. The van der Waals surface area contributed by atoms with Crippen molar-refractivity contribution in [2.24, 2.45) is 5.92 Å². The van der Waals surface area contributed by atoms with Crippen LogP contribution in [-0.4, -0.2) is 18.5 Å². The van der Waals surface area contributed by atoms with Gasteiger partial charge in [0.15, 0.2) is 0 Å². The fourth-order valence-corrected chi connectivity index (χ4v) is 2.10. The topological polar surface area (TPSA) is 55.4 Å². The van der Waals surface area contributed by atoms with Crippen molar-refractivity contribution >= 4 is 29.6 Å². The van der Waals surface area contributed by atoms with E-state index in [1.165, 1.54) is 0 Å². The Morgan fingerprint density at radius 2 is 1.72 bits per heavy atom. The van der Waals surface area contributed by atoms with Gasteiger partial charge in [-0.15, -0.1) is 0 Å². The zero-order chi connectivity index (χ0) is 18.2. The summed E-state index contributed by atoms with van der Waals surface area (Å²) in [6.45, 7) is 4.16. The zero-order valence-electron chi connectivity index (χ0n) is 14.2. The summed E-state index contributed by atoms with van der Waals surface area (Å²) in [7, 11) is 0. The smallest absolute Gasteiger partial charge is 0.354 e. The second-order valence-electron chi connectivity index (χ2n) is 5.92. The van der Waals surface area contributed by atoms with Crippen molar-refractivity contribution in [2.45, 2.75) is 13.8 Å². The van der Waals surface area contributed by atoms with Crippen molar-refractivity contribution < 1.29 is 14.3 Å². The number of esters is 1. The number of carbonyl (C=O) groups excluding carboxylic acids is 2. The Morgan fingerprint density at radius 3 is 2.32 bits per heavy atom. The van der Waals surface area contributed by atoms with E-state index in [0.29, 0.717) is 10.6 Å². The quantitative estimate of drug-likeness (QED) is 0.619. The van der Waals surface area contributed by atoms with Crippen LogP contribution in [-0.2, 0) is 9.53 Å². The molecule has 0 bridgehead atoms. The van der Waals surface area contributed by atoms with E-state index < -0.39 is 5.97 Å². The van der Waals surface area contributed by atoms with Crippen LogP contribution in [0.5, 0.6) is 0 Å². The summed E-state index contributed by atoms with van der Waals surface area (Å²) in [5.74, 6) is -0.749. The first kappa shape index (κ1) is 18.7. The van der Waals surface area contributed by atoms with Gasteiger partial charge in [0.2, 0.25) is 0 Å². The zero-order valence-corrected chi connectivity index (χ0v) is 14.9. The minimum absolute atomic E-state index is 0.0804. The summed E-state index contributed by atoms with van der Waals surface area (Å²) < 4.78 is 5.25. The molecule has 0 aliphatic rings. The second kappa shape index (κ2) is 9.04. The standard InChI is InChI=1S/C20H20ClNO3/c1-14(2)13-25-20(24)18(12-15-8-10-17(21)11-9-15)22-19(23)16-6-4-3-5-7-16/h3-12,14H,13H2,1-2H3,(H,22,23)/b18-12-. The molecular weight excluding hydrogens is 338 g/mol. The van der Waals surface area contributed by atoms with Crippen LogP contribution in [0.4, 0.5) is 0 Å². The molecule has 1 N–H and O–H groups in total. The summed E-state index contributed by atoms with van der Waals surface area (Å²) in [4.78, 5) is 24.7. The first-order chi connectivity index (χ1) is 12.0. The molecule has 0 heterocycles. The summed E-state index contributed by atoms with van der Waals surface area (Å²) in [5.41, 5.74) is 1.27. The van der Waals surface area contributed by atoms with Gasteiger partial charge in [0.25, 0.3) is 5.91 Å². The van der Waals surface area contributed by atoms with Gasteiger partial charge in [0.05, 0.1) is 6.61 Å². The Morgan fingerprint density at radius 1 is 1.08 bits per heavy atom. The van der Waals surface area contributed by atoms with Gasteiger partial charge in [0, 0.05) is 10.6 Å². The lowest BCUT2D eigenvalue weighted by molar-refractivity contribution is -0.140. The van der Waals surface area contributed by atoms with Crippen LogP contribution in [0.3, 0.4) is 0 Å². The third-order valence-electron chi connectivity index (χ3n) is 3.23. The van der Waals surface area contributed by atoms with Crippen LogP contribution >= 0.6 is 11.6 Å². The van der Waals surface area contributed by atoms with E-state index in [9.17, 15) is 9.59 Å². The Hall–Kier alpha value is -2.59. The number of hydrogen-bond donors (Lipinski definition) is 1. The summed E-state index contributed by atoms with van der Waals surface area (Å²) in [6.07, 6.45) is 1.57. The molecule has 0 fully saturated rings. The number of rotatable bonds is 6. The fraction of sp³-hybridized carbons (Fsp3) is 0.200. The van der Waals surface area contributed by atoms with Gasteiger partial charge in [0.1, 0.15) is 5.70 Å². The van der Waals surface area contributed by atoms with Crippen molar-refractivity contribution in [1.82, 2.24) is 5.32 Å². The van der Waals surface area contributed by atoms with Crippen molar-refractivity contribution in [3.05, 3.63) is 76.4 Å². The first-order valence-electron chi connectivity index (χ1n) is 7.96. The summed E-state index contributed by atoms with van der Waals surface area (Å²) >= 11 is 5.88. The minimum Gasteiger partial charge on any atom is -0.461 e. The van der Waals surface area contributed by atoms with Crippen LogP contribution < -0.4 is 5.32 Å². The highest BCUT2D eigenvalue weighted by molar-refractivity contribution is 6.30. The molecule has 2 aromatic rings. The normalized spacial score (nSPS) is 11.3. The third-order valence-corrected chi connectivity index (χ3v) is 3.48. The van der Waals surface area contributed by atoms with Crippen LogP contribution in [0.25, 0.3) is 6.08 Å². The second-order valence-corrected chi connectivity index (χ2v) is 6.36. The van der Waals surface area contributed by atoms with Gasteiger partial charge in [-0.05, 0) is 41.8 Å². The number of amides is 1. The highest BCUT2D eigenvalue weighted by Gasteiger charge is 2.16. The number of ether oxygens (including phenoxy) is 1. The van der Waals surface area contributed by atoms with E-state index in [4.69, 9.17) is 16.3 Å². The summed E-state index contributed by atoms with van der Waals surface area (Å²) in [6, 6.07) is 15.6. The lowest BCUT2D eigenvalue weighted by atomic mass is 10.1. The van der Waals surface area contributed by atoms with E-state index in [2.05, 4.69) is 5.32 Å². The first-order valence-corrected chi connectivity index (χ1v) is 8.34. The summed E-state index contributed by atoms with van der Waals surface area (Å²) in [5, 5.41) is 3.23. The van der Waals surface area contributed by atoms with Gasteiger partial charge in [-0.1, -0.05) is 55.8 Å². The molecule has 0 aromatic heterocycles. The Kier molecular flexibility index (Phi) is 6.78. The number of halogens is 1. The molecule has 0 spiro atoms. The van der Waals surface area contributed by atoms with Gasteiger partial charge in [-0.2, -0.15) is 0 Å². The molecule has 2 aromatic carbocycles. The highest BCUT2D eigenvalue weighted by Crippen LogP contribution is 2.13. The molecule has 0 saturated heterocycles. The maximum absolute atomic E-state index is 12.4. The SMILES string of the molecule is CC(C)COC(=O)/C(=C/c1ccc(Cl)cc1)NC(=O)c1ccccc1. The molecule has 5 heteroatoms. The maximum Gasteiger partial charge on any atom is 0.354 e. The van der Waals surface area contributed by atoms with Crippen LogP contribution in [0.2, 0.25) is 5.02 Å². The fourth-order valence-electron chi connectivity index (χ4n) is 1.98. The van der Waals surface area contributed by atoms with Crippen molar-refractivity contribution in [3.63, 3.8) is 0 Å². The van der Waals surface area contributed by atoms with Crippen LogP contribution in [0, 0.1) is 5.92 Å². The van der Waals surface area contributed by atoms with Crippen molar-refractivity contribution in [3.8, 4) is 0 Å². The number of carbonyl (C=O) groups is 2. The lowest BCUT2D eigenvalue weighted by Gasteiger charge is -2.12. The average Bonchev–Trinajstić information content (AvgIpc) is 2.61. The van der Waals surface area contributed by atoms with Crippen LogP contribution in [0.1, 0.15) is 29.8 Å².